The topological polar surface area (TPSA) is 64.1 Å². The van der Waals surface area contributed by atoms with Gasteiger partial charge in [0.15, 0.2) is 17.5 Å². The van der Waals surface area contributed by atoms with Crippen LogP contribution in [0.3, 0.4) is 0 Å². The Morgan fingerprint density at radius 3 is 2.58 bits per heavy atom. The molecule has 1 rings (SSSR count). The number of methoxy groups -OCH3 is 3. The molecular weight excluding hydrogens is 306 g/mol. The summed E-state index contributed by atoms with van der Waals surface area (Å²) in [5.74, 6) is 2.18. The van der Waals surface area contributed by atoms with Crippen LogP contribution in [0.2, 0.25) is 0 Å². The predicted molar refractivity (Wildman–Crippen MR) is 98.1 cm³/mol. The molecule has 6 heteroatoms. The SMILES string of the molecule is C=CCc1cc(CNC(=NC)NC(C)COC)cc(OC)c1OC. The second kappa shape index (κ2) is 10.5. The Morgan fingerprint density at radius 1 is 1.29 bits per heavy atom. The molecule has 0 amide bonds. The van der Waals surface area contributed by atoms with Crippen molar-refractivity contribution in [3.05, 3.63) is 35.9 Å². The van der Waals surface area contributed by atoms with E-state index in [2.05, 4.69) is 28.3 Å². The summed E-state index contributed by atoms with van der Waals surface area (Å²) in [6.45, 7) is 7.06. The maximum atomic E-state index is 5.46. The van der Waals surface area contributed by atoms with Crippen LogP contribution < -0.4 is 20.1 Å². The van der Waals surface area contributed by atoms with E-state index in [0.29, 0.717) is 25.3 Å². The Balaban J connectivity index is 2.86. The van der Waals surface area contributed by atoms with Crippen molar-refractivity contribution in [2.75, 3.05) is 35.0 Å². The number of nitrogens with zero attached hydrogens (tertiary/aromatic N) is 1. The third-order valence-corrected chi connectivity index (χ3v) is 3.46. The fourth-order valence-corrected chi connectivity index (χ4v) is 2.42. The van der Waals surface area contributed by atoms with Gasteiger partial charge in [-0.3, -0.25) is 4.99 Å². The lowest BCUT2D eigenvalue weighted by Crippen LogP contribution is -2.43. The van der Waals surface area contributed by atoms with Crippen LogP contribution >= 0.6 is 0 Å². The third kappa shape index (κ3) is 5.77. The van der Waals surface area contributed by atoms with Gasteiger partial charge in [0.25, 0.3) is 0 Å². The van der Waals surface area contributed by atoms with Gasteiger partial charge in [0, 0.05) is 32.3 Å². The van der Waals surface area contributed by atoms with E-state index in [0.717, 1.165) is 22.8 Å². The molecule has 0 aliphatic heterocycles. The van der Waals surface area contributed by atoms with Gasteiger partial charge in [-0.15, -0.1) is 6.58 Å². The van der Waals surface area contributed by atoms with Gasteiger partial charge in [-0.1, -0.05) is 6.08 Å². The van der Waals surface area contributed by atoms with Crippen molar-refractivity contribution in [3.63, 3.8) is 0 Å². The van der Waals surface area contributed by atoms with Crippen LogP contribution in [0.5, 0.6) is 11.5 Å². The van der Waals surface area contributed by atoms with Crippen molar-refractivity contribution in [2.24, 2.45) is 4.99 Å². The van der Waals surface area contributed by atoms with Crippen molar-refractivity contribution in [2.45, 2.75) is 25.9 Å². The lowest BCUT2D eigenvalue weighted by molar-refractivity contribution is 0.179. The number of benzene rings is 1. The minimum absolute atomic E-state index is 0.169. The van der Waals surface area contributed by atoms with E-state index in [-0.39, 0.29) is 6.04 Å². The fraction of sp³-hybridized carbons (Fsp3) is 0.500. The maximum Gasteiger partial charge on any atom is 0.191 e. The van der Waals surface area contributed by atoms with Gasteiger partial charge in [0.05, 0.1) is 20.8 Å². The summed E-state index contributed by atoms with van der Waals surface area (Å²) < 4.78 is 16.0. The van der Waals surface area contributed by atoms with Gasteiger partial charge < -0.3 is 24.8 Å². The molecule has 0 aromatic heterocycles. The molecule has 0 saturated carbocycles. The summed E-state index contributed by atoms with van der Waals surface area (Å²) in [5.41, 5.74) is 2.12. The standard InChI is InChI=1S/C18H29N3O3/c1-7-8-15-9-14(10-16(23-5)17(15)24-6)11-20-18(19-3)21-13(2)12-22-4/h7,9-10,13H,1,8,11-12H2,2-6H3,(H2,19,20,21). The van der Waals surface area contributed by atoms with E-state index in [9.17, 15) is 0 Å². The second-order valence-electron chi connectivity index (χ2n) is 5.41. The number of nitrogens with one attached hydrogen (secondary N) is 2. The second-order valence-corrected chi connectivity index (χ2v) is 5.41. The molecule has 2 N–H and O–H groups in total. The number of guanidine groups is 1. The molecule has 24 heavy (non-hydrogen) atoms. The molecule has 0 saturated heterocycles. The number of rotatable bonds is 9. The van der Waals surface area contributed by atoms with Crippen LogP contribution in [0, 0.1) is 0 Å². The lowest BCUT2D eigenvalue weighted by Gasteiger charge is -2.18. The Kier molecular flexibility index (Phi) is 8.71. The molecule has 134 valence electrons. The molecule has 0 fully saturated rings. The van der Waals surface area contributed by atoms with E-state index in [4.69, 9.17) is 14.2 Å². The van der Waals surface area contributed by atoms with Gasteiger partial charge >= 0.3 is 0 Å². The molecule has 0 spiro atoms. The van der Waals surface area contributed by atoms with E-state index in [1.807, 2.05) is 19.1 Å². The lowest BCUT2D eigenvalue weighted by atomic mass is 10.1. The van der Waals surface area contributed by atoms with Crippen LogP contribution in [0.1, 0.15) is 18.1 Å². The maximum absolute atomic E-state index is 5.46. The molecule has 1 aromatic rings. The highest BCUT2D eigenvalue weighted by Gasteiger charge is 2.12. The monoisotopic (exact) mass is 335 g/mol. The first kappa shape index (κ1) is 19.8. The number of allylic oxidation sites excluding steroid dienone is 1. The Morgan fingerprint density at radius 2 is 2.04 bits per heavy atom. The Hall–Kier alpha value is -2.21. The first-order valence-corrected chi connectivity index (χ1v) is 7.90. The molecule has 0 bridgehead atoms. The van der Waals surface area contributed by atoms with Crippen LogP contribution in [-0.2, 0) is 17.7 Å². The molecule has 0 radical (unpaired) electrons. The van der Waals surface area contributed by atoms with Crippen LogP contribution in [0.15, 0.2) is 29.8 Å². The summed E-state index contributed by atoms with van der Waals surface area (Å²) >= 11 is 0. The average molecular weight is 335 g/mol. The minimum Gasteiger partial charge on any atom is -0.493 e. The van der Waals surface area contributed by atoms with Gasteiger partial charge in [-0.25, -0.2) is 0 Å². The minimum atomic E-state index is 0.169. The highest BCUT2D eigenvalue weighted by Crippen LogP contribution is 2.33. The molecule has 0 aliphatic rings. The first-order valence-electron chi connectivity index (χ1n) is 7.90. The quantitative estimate of drug-likeness (QED) is 0.411. The van der Waals surface area contributed by atoms with Gasteiger partial charge in [-0.2, -0.15) is 0 Å². The molecule has 1 unspecified atom stereocenters. The van der Waals surface area contributed by atoms with Crippen molar-refractivity contribution < 1.29 is 14.2 Å². The normalized spacial score (nSPS) is 12.5. The van der Waals surface area contributed by atoms with Crippen molar-refractivity contribution in [1.29, 1.82) is 0 Å². The first-order chi connectivity index (χ1) is 11.6. The summed E-state index contributed by atoms with van der Waals surface area (Å²) in [5, 5.41) is 6.56. The smallest absolute Gasteiger partial charge is 0.191 e. The van der Waals surface area contributed by atoms with Gasteiger partial charge in [0.2, 0.25) is 0 Å². The molecule has 0 heterocycles. The van der Waals surface area contributed by atoms with Crippen molar-refractivity contribution in [3.8, 4) is 11.5 Å². The summed E-state index contributed by atoms with van der Waals surface area (Å²) in [6.07, 6.45) is 2.56. The van der Waals surface area contributed by atoms with E-state index >= 15 is 0 Å². The summed E-state index contributed by atoms with van der Waals surface area (Å²) in [7, 11) is 6.71. The highest BCUT2D eigenvalue weighted by atomic mass is 16.5. The zero-order chi connectivity index (χ0) is 17.9. The van der Waals surface area contributed by atoms with Gasteiger partial charge in [0.1, 0.15) is 0 Å². The zero-order valence-electron chi connectivity index (χ0n) is 15.3. The van der Waals surface area contributed by atoms with Crippen molar-refractivity contribution >= 4 is 5.96 Å². The third-order valence-electron chi connectivity index (χ3n) is 3.46. The molecule has 1 aromatic carbocycles. The summed E-state index contributed by atoms with van der Waals surface area (Å²) in [4.78, 5) is 4.23. The number of hydrogen-bond acceptors (Lipinski definition) is 4. The number of ether oxygens (including phenoxy) is 3. The number of hydrogen-bond donors (Lipinski definition) is 2. The largest absolute Gasteiger partial charge is 0.493 e. The van der Waals surface area contributed by atoms with Crippen molar-refractivity contribution in [1.82, 2.24) is 10.6 Å². The molecule has 0 aliphatic carbocycles. The molecule has 1 atom stereocenters. The van der Waals surface area contributed by atoms with Crippen LogP contribution in [-0.4, -0.2) is 47.0 Å². The van der Waals surface area contributed by atoms with E-state index in [1.54, 1.807) is 28.4 Å². The molecular formula is C18H29N3O3. The van der Waals surface area contributed by atoms with Crippen LogP contribution in [0.25, 0.3) is 0 Å². The van der Waals surface area contributed by atoms with E-state index in [1.165, 1.54) is 0 Å². The molecule has 6 nitrogen and oxygen atoms in total. The Bertz CT molecular complexity index is 559. The predicted octanol–water partition coefficient (Wildman–Crippen LogP) is 2.13. The van der Waals surface area contributed by atoms with E-state index < -0.39 is 0 Å². The van der Waals surface area contributed by atoms with Gasteiger partial charge in [-0.05, 0) is 31.0 Å². The highest BCUT2D eigenvalue weighted by molar-refractivity contribution is 5.79. The fourth-order valence-electron chi connectivity index (χ4n) is 2.42. The van der Waals surface area contributed by atoms with Crippen LogP contribution in [0.4, 0.5) is 0 Å². The number of aliphatic imine (C=N–C) groups is 1. The Labute approximate surface area is 144 Å². The summed E-state index contributed by atoms with van der Waals surface area (Å²) in [6, 6.07) is 4.22. The zero-order valence-corrected chi connectivity index (χ0v) is 15.3. The average Bonchev–Trinajstić information content (AvgIpc) is 2.58.